The highest BCUT2D eigenvalue weighted by atomic mass is 16.5. The summed E-state index contributed by atoms with van der Waals surface area (Å²) in [5, 5.41) is 8.24. The highest BCUT2D eigenvalue weighted by Crippen LogP contribution is 1.88. The van der Waals surface area contributed by atoms with Crippen molar-refractivity contribution in [3.63, 3.8) is 0 Å². The van der Waals surface area contributed by atoms with Crippen molar-refractivity contribution in [3.8, 4) is 6.07 Å². The fourth-order valence-electron chi connectivity index (χ4n) is 0.494. The van der Waals surface area contributed by atoms with Gasteiger partial charge in [-0.2, -0.15) is 5.26 Å². The largest absolute Gasteiger partial charge is 0.379 e. The quantitative estimate of drug-likeness (QED) is 0.573. The zero-order valence-electron chi connectivity index (χ0n) is 6.34. The lowest BCUT2D eigenvalue weighted by Crippen LogP contribution is -2.24. The number of rotatable bonds is 5. The van der Waals surface area contributed by atoms with Crippen molar-refractivity contribution in [1.29, 1.82) is 5.26 Å². The average molecular weight is 142 g/mol. The molecule has 0 aromatic rings. The van der Waals surface area contributed by atoms with Gasteiger partial charge in [0, 0.05) is 6.61 Å². The Morgan fingerprint density at radius 1 is 1.70 bits per heavy atom. The van der Waals surface area contributed by atoms with Crippen LogP contribution in [0.1, 0.15) is 19.8 Å². The predicted molar refractivity (Wildman–Crippen MR) is 39.3 cm³/mol. The third kappa shape index (κ3) is 5.54. The van der Waals surface area contributed by atoms with E-state index in [1.165, 1.54) is 0 Å². The Morgan fingerprint density at radius 2 is 2.40 bits per heavy atom. The van der Waals surface area contributed by atoms with Crippen LogP contribution >= 0.6 is 0 Å². The van der Waals surface area contributed by atoms with Crippen molar-refractivity contribution in [2.24, 2.45) is 5.73 Å². The van der Waals surface area contributed by atoms with Crippen LogP contribution < -0.4 is 5.73 Å². The van der Waals surface area contributed by atoms with Crippen LogP contribution in [0, 0.1) is 11.3 Å². The molecule has 0 heterocycles. The molecule has 0 saturated heterocycles. The summed E-state index contributed by atoms with van der Waals surface area (Å²) in [6, 6.07) is 1.43. The highest BCUT2D eigenvalue weighted by molar-refractivity contribution is 4.85. The van der Waals surface area contributed by atoms with Crippen molar-refractivity contribution < 1.29 is 4.74 Å². The van der Waals surface area contributed by atoms with Crippen LogP contribution in [0.5, 0.6) is 0 Å². The molecule has 0 aliphatic rings. The van der Waals surface area contributed by atoms with Crippen molar-refractivity contribution in [1.82, 2.24) is 0 Å². The Balaban J connectivity index is 2.98. The van der Waals surface area contributed by atoms with Gasteiger partial charge < -0.3 is 10.5 Å². The van der Waals surface area contributed by atoms with Gasteiger partial charge in [0.05, 0.1) is 12.7 Å². The normalized spacial score (nSPS) is 12.5. The van der Waals surface area contributed by atoms with Gasteiger partial charge >= 0.3 is 0 Å². The summed E-state index contributed by atoms with van der Waals surface area (Å²) >= 11 is 0. The van der Waals surface area contributed by atoms with E-state index in [1.54, 1.807) is 0 Å². The van der Waals surface area contributed by atoms with Crippen molar-refractivity contribution in [3.05, 3.63) is 0 Å². The maximum absolute atomic E-state index is 8.24. The molecule has 0 aromatic heterocycles. The van der Waals surface area contributed by atoms with Gasteiger partial charge in [-0.25, -0.2) is 0 Å². The van der Waals surface area contributed by atoms with E-state index in [4.69, 9.17) is 15.7 Å². The van der Waals surface area contributed by atoms with E-state index in [9.17, 15) is 0 Å². The first kappa shape index (κ1) is 9.41. The molecular formula is C7H14N2O. The topological polar surface area (TPSA) is 59.0 Å². The standard InChI is InChI=1S/C7H14N2O/c1-2-3-4-10-6-7(9)5-8/h7H,2-4,6,9H2,1H3. The molecule has 10 heavy (non-hydrogen) atoms. The number of hydrogen-bond donors (Lipinski definition) is 1. The van der Waals surface area contributed by atoms with Gasteiger partial charge in [-0.3, -0.25) is 0 Å². The minimum absolute atomic E-state index is 0.358. The maximum Gasteiger partial charge on any atom is 0.116 e. The van der Waals surface area contributed by atoms with Gasteiger partial charge in [0.2, 0.25) is 0 Å². The van der Waals surface area contributed by atoms with E-state index >= 15 is 0 Å². The van der Waals surface area contributed by atoms with Gasteiger partial charge in [0.1, 0.15) is 6.04 Å². The first-order valence-corrected chi connectivity index (χ1v) is 3.54. The van der Waals surface area contributed by atoms with Crippen LogP contribution in [0.3, 0.4) is 0 Å². The van der Waals surface area contributed by atoms with Crippen LogP contribution in [-0.4, -0.2) is 19.3 Å². The van der Waals surface area contributed by atoms with Crippen LogP contribution in [-0.2, 0) is 4.74 Å². The van der Waals surface area contributed by atoms with E-state index in [0.29, 0.717) is 13.2 Å². The lowest BCUT2D eigenvalue weighted by atomic mass is 10.3. The molecule has 0 bridgehead atoms. The molecule has 1 unspecified atom stereocenters. The molecule has 0 aliphatic heterocycles. The Kier molecular flexibility index (Phi) is 6.14. The Morgan fingerprint density at radius 3 is 2.90 bits per heavy atom. The molecule has 58 valence electrons. The molecule has 0 rings (SSSR count). The molecule has 0 amide bonds. The van der Waals surface area contributed by atoms with Crippen molar-refractivity contribution in [2.75, 3.05) is 13.2 Å². The van der Waals surface area contributed by atoms with E-state index in [0.717, 1.165) is 12.8 Å². The lowest BCUT2D eigenvalue weighted by Gasteiger charge is -2.02. The second-order valence-corrected chi connectivity index (χ2v) is 2.16. The van der Waals surface area contributed by atoms with Crippen LogP contribution in [0.4, 0.5) is 0 Å². The molecule has 2 N–H and O–H groups in total. The maximum atomic E-state index is 8.24. The van der Waals surface area contributed by atoms with Gasteiger partial charge in [-0.05, 0) is 6.42 Å². The zero-order valence-corrected chi connectivity index (χ0v) is 6.34. The fourth-order valence-corrected chi connectivity index (χ4v) is 0.494. The molecule has 0 spiro atoms. The number of nitrogens with zero attached hydrogens (tertiary/aromatic N) is 1. The van der Waals surface area contributed by atoms with Crippen molar-refractivity contribution in [2.45, 2.75) is 25.8 Å². The summed E-state index contributed by atoms with van der Waals surface area (Å²) < 4.78 is 5.08. The van der Waals surface area contributed by atoms with Gasteiger partial charge in [0.25, 0.3) is 0 Å². The van der Waals surface area contributed by atoms with E-state index in [1.807, 2.05) is 6.07 Å². The van der Waals surface area contributed by atoms with E-state index in [2.05, 4.69) is 6.92 Å². The summed E-state index contributed by atoms with van der Waals surface area (Å²) in [5.74, 6) is 0. The monoisotopic (exact) mass is 142 g/mol. The fraction of sp³-hybridized carbons (Fsp3) is 0.857. The Hall–Kier alpha value is -0.590. The minimum Gasteiger partial charge on any atom is -0.379 e. The first-order chi connectivity index (χ1) is 4.81. The van der Waals surface area contributed by atoms with E-state index in [-0.39, 0.29) is 0 Å². The third-order valence-electron chi connectivity index (χ3n) is 1.11. The zero-order chi connectivity index (χ0) is 7.82. The van der Waals surface area contributed by atoms with Crippen LogP contribution in [0.15, 0.2) is 0 Å². The van der Waals surface area contributed by atoms with Crippen LogP contribution in [0.2, 0.25) is 0 Å². The molecule has 3 heteroatoms. The molecule has 0 aromatic carbocycles. The average Bonchev–Trinajstić information content (AvgIpc) is 1.98. The first-order valence-electron chi connectivity index (χ1n) is 3.54. The second-order valence-electron chi connectivity index (χ2n) is 2.16. The lowest BCUT2D eigenvalue weighted by molar-refractivity contribution is 0.128. The predicted octanol–water partition coefficient (Wildman–Crippen LogP) is 0.654. The number of nitrogens with two attached hydrogens (primary N) is 1. The van der Waals surface area contributed by atoms with Crippen LogP contribution in [0.25, 0.3) is 0 Å². The molecule has 1 atom stereocenters. The summed E-state index contributed by atoms with van der Waals surface area (Å²) in [6.07, 6.45) is 2.15. The number of ether oxygens (including phenoxy) is 1. The summed E-state index contributed by atoms with van der Waals surface area (Å²) in [7, 11) is 0. The second kappa shape index (κ2) is 6.53. The Bertz CT molecular complexity index is 109. The number of nitriles is 1. The smallest absolute Gasteiger partial charge is 0.116 e. The third-order valence-corrected chi connectivity index (χ3v) is 1.11. The summed E-state index contributed by atoms with van der Waals surface area (Å²) in [4.78, 5) is 0. The number of unbranched alkanes of at least 4 members (excludes halogenated alkanes) is 1. The van der Waals surface area contributed by atoms with Gasteiger partial charge in [0.15, 0.2) is 0 Å². The number of hydrogen-bond acceptors (Lipinski definition) is 3. The highest BCUT2D eigenvalue weighted by Gasteiger charge is 1.97. The molecule has 0 fully saturated rings. The van der Waals surface area contributed by atoms with E-state index < -0.39 is 6.04 Å². The molecule has 0 aliphatic carbocycles. The van der Waals surface area contributed by atoms with Gasteiger partial charge in [-0.1, -0.05) is 13.3 Å². The minimum atomic E-state index is -0.461. The molecule has 0 saturated carbocycles. The van der Waals surface area contributed by atoms with Crippen molar-refractivity contribution >= 4 is 0 Å². The summed E-state index contributed by atoms with van der Waals surface area (Å²) in [6.45, 7) is 3.16. The Labute approximate surface area is 61.8 Å². The summed E-state index contributed by atoms with van der Waals surface area (Å²) in [5.41, 5.74) is 5.27. The molecule has 3 nitrogen and oxygen atoms in total. The molecular weight excluding hydrogens is 128 g/mol. The van der Waals surface area contributed by atoms with Gasteiger partial charge in [-0.15, -0.1) is 0 Å². The molecule has 0 radical (unpaired) electrons. The SMILES string of the molecule is CCCCOCC(N)C#N.